The van der Waals surface area contributed by atoms with Crippen LogP contribution in [0, 0.1) is 5.82 Å². The molecule has 0 saturated heterocycles. The van der Waals surface area contributed by atoms with Gasteiger partial charge in [-0.05, 0) is 48.3 Å². The Labute approximate surface area is 121 Å². The lowest BCUT2D eigenvalue weighted by molar-refractivity contribution is 0.525. The van der Waals surface area contributed by atoms with Crippen LogP contribution in [0.25, 0.3) is 0 Å². The minimum absolute atomic E-state index is 0.0168. The molecule has 1 heterocycles. The molecular formula is C14H14Cl2FNO. The van der Waals surface area contributed by atoms with Crippen molar-refractivity contribution in [1.82, 2.24) is 5.32 Å². The third-order valence-corrected chi connectivity index (χ3v) is 3.51. The fourth-order valence-electron chi connectivity index (χ4n) is 1.99. The molecule has 0 aliphatic carbocycles. The highest BCUT2D eigenvalue weighted by Crippen LogP contribution is 2.27. The fourth-order valence-corrected chi connectivity index (χ4v) is 2.36. The second kappa shape index (κ2) is 6.42. The monoisotopic (exact) mass is 301 g/mol. The van der Waals surface area contributed by atoms with E-state index < -0.39 is 5.82 Å². The molecule has 102 valence electrons. The summed E-state index contributed by atoms with van der Waals surface area (Å²) < 4.78 is 18.5. The first kappa shape index (κ1) is 14.4. The van der Waals surface area contributed by atoms with E-state index in [4.69, 9.17) is 27.6 Å². The van der Waals surface area contributed by atoms with Crippen LogP contribution in [0.15, 0.2) is 34.9 Å². The van der Waals surface area contributed by atoms with Crippen LogP contribution in [0.3, 0.4) is 0 Å². The summed E-state index contributed by atoms with van der Waals surface area (Å²) in [5.41, 5.74) is 1.73. The minimum atomic E-state index is -0.410. The molecule has 0 aliphatic heterocycles. The quantitative estimate of drug-likeness (QED) is 0.872. The molecule has 2 rings (SSSR count). The van der Waals surface area contributed by atoms with Gasteiger partial charge in [0.25, 0.3) is 0 Å². The Bertz CT molecular complexity index is 556. The second-order valence-corrected chi connectivity index (χ2v) is 4.96. The summed E-state index contributed by atoms with van der Waals surface area (Å²) in [6, 6.07) is 6.62. The van der Waals surface area contributed by atoms with E-state index in [2.05, 4.69) is 5.32 Å². The second-order valence-electron chi connectivity index (χ2n) is 4.21. The van der Waals surface area contributed by atoms with Crippen molar-refractivity contribution in [3.05, 3.63) is 57.7 Å². The van der Waals surface area contributed by atoms with Crippen LogP contribution < -0.4 is 5.32 Å². The summed E-state index contributed by atoms with van der Waals surface area (Å²) in [6.07, 6.45) is 2.16. The Morgan fingerprint density at radius 3 is 2.68 bits per heavy atom. The summed E-state index contributed by atoms with van der Waals surface area (Å²) in [4.78, 5) is 0. The van der Waals surface area contributed by atoms with Gasteiger partial charge in [-0.25, -0.2) is 4.39 Å². The summed E-state index contributed by atoms with van der Waals surface area (Å²) >= 11 is 11.7. The number of likely N-dealkylation sites (N-methyl/N-ethyl adjacent to an activating group) is 1. The van der Waals surface area contributed by atoms with Crippen molar-refractivity contribution in [3.8, 4) is 0 Å². The molecule has 2 nitrogen and oxygen atoms in total. The van der Waals surface area contributed by atoms with Crippen molar-refractivity contribution >= 4 is 23.2 Å². The number of rotatable bonds is 5. The van der Waals surface area contributed by atoms with Gasteiger partial charge in [0, 0.05) is 11.6 Å². The largest absolute Gasteiger partial charge is 0.453 e. The molecule has 0 radical (unpaired) electrons. The van der Waals surface area contributed by atoms with E-state index in [1.807, 2.05) is 19.1 Å². The number of hydrogen-bond donors (Lipinski definition) is 1. The van der Waals surface area contributed by atoms with Crippen molar-refractivity contribution in [2.45, 2.75) is 19.4 Å². The molecule has 0 bridgehead atoms. The molecule has 19 heavy (non-hydrogen) atoms. The van der Waals surface area contributed by atoms with Gasteiger partial charge >= 0.3 is 0 Å². The van der Waals surface area contributed by atoms with Gasteiger partial charge in [-0.1, -0.05) is 24.6 Å². The zero-order chi connectivity index (χ0) is 13.8. The van der Waals surface area contributed by atoms with E-state index in [0.717, 1.165) is 17.7 Å². The van der Waals surface area contributed by atoms with Crippen LogP contribution in [0.4, 0.5) is 4.39 Å². The highest BCUT2D eigenvalue weighted by atomic mass is 35.5. The molecule has 0 amide bonds. The first-order valence-corrected chi connectivity index (χ1v) is 6.77. The van der Waals surface area contributed by atoms with Gasteiger partial charge in [-0.2, -0.15) is 0 Å². The predicted octanol–water partition coefficient (Wildman–Crippen LogP) is 4.62. The van der Waals surface area contributed by atoms with E-state index in [9.17, 15) is 4.39 Å². The summed E-state index contributed by atoms with van der Waals surface area (Å²) in [5.74, 6) is -0.410. The number of furan rings is 1. The third-order valence-electron chi connectivity index (χ3n) is 2.90. The average molecular weight is 302 g/mol. The van der Waals surface area contributed by atoms with Gasteiger partial charge in [-0.3, -0.25) is 0 Å². The molecular weight excluding hydrogens is 288 g/mol. The Morgan fingerprint density at radius 1 is 1.32 bits per heavy atom. The SMILES string of the molecule is CCNC(Cc1ccc(Cl)c(F)c1)c1ccoc1Cl. The molecule has 0 spiro atoms. The van der Waals surface area contributed by atoms with Gasteiger partial charge in [0.15, 0.2) is 5.22 Å². The zero-order valence-electron chi connectivity index (χ0n) is 10.4. The maximum Gasteiger partial charge on any atom is 0.197 e. The van der Waals surface area contributed by atoms with Crippen LogP contribution in [-0.2, 0) is 6.42 Å². The third kappa shape index (κ3) is 3.50. The van der Waals surface area contributed by atoms with Crippen molar-refractivity contribution in [2.24, 2.45) is 0 Å². The summed E-state index contributed by atoms with van der Waals surface area (Å²) in [6.45, 7) is 2.78. The van der Waals surface area contributed by atoms with E-state index in [0.29, 0.717) is 11.6 Å². The van der Waals surface area contributed by atoms with Crippen molar-refractivity contribution in [1.29, 1.82) is 0 Å². The molecule has 0 saturated carbocycles. The van der Waals surface area contributed by atoms with Crippen LogP contribution in [0.5, 0.6) is 0 Å². The lowest BCUT2D eigenvalue weighted by Crippen LogP contribution is -2.22. The number of halogens is 3. The van der Waals surface area contributed by atoms with E-state index >= 15 is 0 Å². The van der Waals surface area contributed by atoms with Crippen LogP contribution in [0.2, 0.25) is 10.2 Å². The first-order chi connectivity index (χ1) is 9.11. The Hall–Kier alpha value is -1.03. The van der Waals surface area contributed by atoms with Crippen LogP contribution >= 0.6 is 23.2 Å². The number of hydrogen-bond acceptors (Lipinski definition) is 2. The molecule has 1 aromatic heterocycles. The Morgan fingerprint density at radius 2 is 2.11 bits per heavy atom. The van der Waals surface area contributed by atoms with Crippen molar-refractivity contribution < 1.29 is 8.81 Å². The molecule has 1 N–H and O–H groups in total. The molecule has 5 heteroatoms. The van der Waals surface area contributed by atoms with E-state index in [-0.39, 0.29) is 11.1 Å². The normalized spacial score (nSPS) is 12.6. The molecule has 1 unspecified atom stereocenters. The van der Waals surface area contributed by atoms with E-state index in [1.165, 1.54) is 6.07 Å². The molecule has 0 aliphatic rings. The molecule has 2 aromatic rings. The molecule has 1 atom stereocenters. The highest BCUT2D eigenvalue weighted by Gasteiger charge is 2.17. The van der Waals surface area contributed by atoms with Gasteiger partial charge in [0.2, 0.25) is 0 Å². The molecule has 1 aromatic carbocycles. The standard InChI is InChI=1S/C14H14Cl2FNO/c1-2-18-13(10-5-6-19-14(10)16)8-9-3-4-11(15)12(17)7-9/h3-7,13,18H,2,8H2,1H3. The predicted molar refractivity (Wildman–Crippen MR) is 75.2 cm³/mol. The maximum atomic E-state index is 13.4. The number of benzene rings is 1. The Balaban J connectivity index is 2.21. The smallest absolute Gasteiger partial charge is 0.197 e. The minimum Gasteiger partial charge on any atom is -0.453 e. The highest BCUT2D eigenvalue weighted by molar-refractivity contribution is 6.30. The average Bonchev–Trinajstić information content (AvgIpc) is 2.79. The summed E-state index contributed by atoms with van der Waals surface area (Å²) in [7, 11) is 0. The van der Waals surface area contributed by atoms with Gasteiger partial charge in [0.1, 0.15) is 5.82 Å². The van der Waals surface area contributed by atoms with E-state index in [1.54, 1.807) is 12.3 Å². The zero-order valence-corrected chi connectivity index (χ0v) is 11.9. The lowest BCUT2D eigenvalue weighted by atomic mass is 10.0. The topological polar surface area (TPSA) is 25.2 Å². The van der Waals surface area contributed by atoms with Gasteiger partial charge in [0.05, 0.1) is 11.3 Å². The van der Waals surface area contributed by atoms with Gasteiger partial charge in [-0.15, -0.1) is 0 Å². The number of nitrogens with one attached hydrogen (secondary N) is 1. The van der Waals surface area contributed by atoms with Gasteiger partial charge < -0.3 is 9.73 Å². The maximum absolute atomic E-state index is 13.4. The summed E-state index contributed by atoms with van der Waals surface area (Å²) in [5, 5.41) is 3.80. The van der Waals surface area contributed by atoms with Crippen LogP contribution in [0.1, 0.15) is 24.1 Å². The Kier molecular flexibility index (Phi) is 4.86. The first-order valence-electron chi connectivity index (χ1n) is 6.02. The van der Waals surface area contributed by atoms with Crippen molar-refractivity contribution in [2.75, 3.05) is 6.54 Å². The fraction of sp³-hybridized carbons (Fsp3) is 0.286. The van der Waals surface area contributed by atoms with Crippen LogP contribution in [-0.4, -0.2) is 6.54 Å². The van der Waals surface area contributed by atoms with Crippen molar-refractivity contribution in [3.63, 3.8) is 0 Å². The molecule has 0 fully saturated rings. The lowest BCUT2D eigenvalue weighted by Gasteiger charge is -2.17.